The zero-order chi connectivity index (χ0) is 15.6. The van der Waals surface area contributed by atoms with Crippen LogP contribution in [0.4, 0.5) is 0 Å². The highest BCUT2D eigenvalue weighted by atomic mass is 32.1. The third kappa shape index (κ3) is 3.49. The minimum atomic E-state index is -1.08. The van der Waals surface area contributed by atoms with Crippen LogP contribution >= 0.6 is 11.3 Å². The minimum absolute atomic E-state index is 0.0157. The molecule has 112 valence electrons. The molecule has 21 heavy (non-hydrogen) atoms. The maximum Gasteiger partial charge on any atom is 0.325 e. The lowest BCUT2D eigenvalue weighted by atomic mass is 10.3. The fourth-order valence-corrected chi connectivity index (χ4v) is 2.68. The molecule has 0 spiro atoms. The van der Waals surface area contributed by atoms with Gasteiger partial charge in [0.1, 0.15) is 11.8 Å². The Kier molecular flexibility index (Phi) is 4.42. The first-order chi connectivity index (χ1) is 9.88. The number of carboxylic acids is 1. The molecule has 2 N–H and O–H groups in total. The lowest BCUT2D eigenvalue weighted by molar-refractivity contribution is -0.138. The molecule has 2 aromatic heterocycles. The fourth-order valence-electron chi connectivity index (χ4n) is 1.70. The van der Waals surface area contributed by atoms with Gasteiger partial charge in [0.15, 0.2) is 0 Å². The van der Waals surface area contributed by atoms with Gasteiger partial charge < -0.3 is 15.2 Å². The predicted molar refractivity (Wildman–Crippen MR) is 79.9 cm³/mol. The Morgan fingerprint density at radius 3 is 2.71 bits per heavy atom. The summed E-state index contributed by atoms with van der Waals surface area (Å²) < 4.78 is 6.46. The number of nitrogens with zero attached hydrogens (tertiary/aromatic N) is 1. The number of hydrogen-bond donors (Lipinski definition) is 2. The van der Waals surface area contributed by atoms with Gasteiger partial charge in [-0.05, 0) is 32.9 Å². The second-order valence-electron chi connectivity index (χ2n) is 4.83. The number of aromatic nitrogens is 1. The van der Waals surface area contributed by atoms with Crippen molar-refractivity contribution in [1.29, 1.82) is 0 Å². The summed E-state index contributed by atoms with van der Waals surface area (Å²) in [5, 5.41) is 11.2. The van der Waals surface area contributed by atoms with Crippen molar-refractivity contribution in [3.05, 3.63) is 23.2 Å². The van der Waals surface area contributed by atoms with E-state index < -0.39 is 17.9 Å². The Morgan fingerprint density at radius 1 is 1.38 bits per heavy atom. The molecule has 0 aliphatic carbocycles. The summed E-state index contributed by atoms with van der Waals surface area (Å²) in [4.78, 5) is 27.4. The van der Waals surface area contributed by atoms with Gasteiger partial charge in [-0.25, -0.2) is 0 Å². The zero-order valence-electron chi connectivity index (χ0n) is 11.9. The highest BCUT2D eigenvalue weighted by molar-refractivity contribution is 7.21. The van der Waals surface area contributed by atoms with Crippen molar-refractivity contribution in [2.45, 2.75) is 32.9 Å². The largest absolute Gasteiger partial charge is 0.489 e. The molecule has 0 aliphatic rings. The maximum atomic E-state index is 12.0. The van der Waals surface area contributed by atoms with Gasteiger partial charge >= 0.3 is 5.97 Å². The lowest BCUT2D eigenvalue weighted by Crippen LogP contribution is -2.37. The van der Waals surface area contributed by atoms with E-state index in [1.807, 2.05) is 13.8 Å². The Hall–Kier alpha value is -2.15. The standard InChI is InChI=1S/C14H16N2O4S/c1-7(2)20-10-4-5-15-9-6-11(21-12(9)10)13(17)16-8(3)14(18)19/h4-8H,1-3H3,(H,16,17)(H,18,19). The van der Waals surface area contributed by atoms with E-state index in [1.165, 1.54) is 18.3 Å². The van der Waals surface area contributed by atoms with Crippen LogP contribution in [-0.2, 0) is 4.79 Å². The van der Waals surface area contributed by atoms with Crippen molar-refractivity contribution in [1.82, 2.24) is 10.3 Å². The van der Waals surface area contributed by atoms with E-state index in [4.69, 9.17) is 9.84 Å². The molecular formula is C14H16N2O4S. The summed E-state index contributed by atoms with van der Waals surface area (Å²) in [6.07, 6.45) is 1.64. The van der Waals surface area contributed by atoms with Crippen LogP contribution in [0.2, 0.25) is 0 Å². The highest BCUT2D eigenvalue weighted by Crippen LogP contribution is 2.32. The molecule has 0 bridgehead atoms. The van der Waals surface area contributed by atoms with Crippen molar-refractivity contribution in [2.75, 3.05) is 0 Å². The van der Waals surface area contributed by atoms with Gasteiger partial charge in [-0.2, -0.15) is 0 Å². The van der Waals surface area contributed by atoms with Crippen LogP contribution < -0.4 is 10.1 Å². The number of thiophene rings is 1. The number of amides is 1. The van der Waals surface area contributed by atoms with Gasteiger partial charge in [-0.15, -0.1) is 11.3 Å². The van der Waals surface area contributed by atoms with Gasteiger partial charge in [0.2, 0.25) is 0 Å². The topological polar surface area (TPSA) is 88.5 Å². The van der Waals surface area contributed by atoms with E-state index >= 15 is 0 Å². The van der Waals surface area contributed by atoms with Crippen LogP contribution in [0.15, 0.2) is 18.3 Å². The SMILES string of the molecule is CC(C)Oc1ccnc2cc(C(=O)NC(C)C(=O)O)sc12. The molecule has 7 heteroatoms. The molecule has 0 saturated heterocycles. The van der Waals surface area contributed by atoms with Crippen LogP contribution in [0, 0.1) is 0 Å². The summed E-state index contributed by atoms with van der Waals surface area (Å²) in [6.45, 7) is 5.25. The number of carboxylic acid groups (broad SMARTS) is 1. The van der Waals surface area contributed by atoms with Crippen molar-refractivity contribution < 1.29 is 19.4 Å². The molecule has 0 fully saturated rings. The minimum Gasteiger partial charge on any atom is -0.489 e. The van der Waals surface area contributed by atoms with Crippen molar-refractivity contribution in [2.24, 2.45) is 0 Å². The van der Waals surface area contributed by atoms with Crippen molar-refractivity contribution >= 4 is 33.4 Å². The first-order valence-electron chi connectivity index (χ1n) is 6.47. The Balaban J connectivity index is 2.30. The Labute approximate surface area is 125 Å². The number of fused-ring (bicyclic) bond motifs is 1. The number of pyridine rings is 1. The number of hydrogen-bond acceptors (Lipinski definition) is 5. The van der Waals surface area contributed by atoms with E-state index in [2.05, 4.69) is 10.3 Å². The summed E-state index contributed by atoms with van der Waals surface area (Å²) in [5.41, 5.74) is 0.659. The number of aliphatic carboxylic acids is 1. The lowest BCUT2D eigenvalue weighted by Gasteiger charge is -2.09. The molecule has 1 atom stereocenters. The quantitative estimate of drug-likeness (QED) is 0.884. The molecule has 0 aliphatic heterocycles. The summed E-state index contributed by atoms with van der Waals surface area (Å²) in [5.74, 6) is -0.833. The third-order valence-corrected chi connectivity index (χ3v) is 3.82. The monoisotopic (exact) mass is 308 g/mol. The first kappa shape index (κ1) is 15.2. The van der Waals surface area contributed by atoms with E-state index in [0.29, 0.717) is 16.1 Å². The average Bonchev–Trinajstić information content (AvgIpc) is 2.83. The molecule has 0 aromatic carbocycles. The van der Waals surface area contributed by atoms with Crippen molar-refractivity contribution in [3.63, 3.8) is 0 Å². The number of carbonyl (C=O) groups is 2. The Morgan fingerprint density at radius 2 is 2.10 bits per heavy atom. The molecule has 1 unspecified atom stereocenters. The summed E-state index contributed by atoms with van der Waals surface area (Å²) in [7, 11) is 0. The summed E-state index contributed by atoms with van der Waals surface area (Å²) >= 11 is 1.24. The van der Waals surface area contributed by atoms with Gasteiger partial charge in [-0.1, -0.05) is 0 Å². The Bertz CT molecular complexity index is 681. The molecular weight excluding hydrogens is 292 g/mol. The summed E-state index contributed by atoms with van der Waals surface area (Å²) in [6, 6.07) is 2.44. The van der Waals surface area contributed by atoms with Gasteiger partial charge in [0.05, 0.1) is 21.2 Å². The van der Waals surface area contributed by atoms with E-state index in [-0.39, 0.29) is 6.10 Å². The van der Waals surface area contributed by atoms with Crippen LogP contribution in [0.5, 0.6) is 5.75 Å². The van der Waals surface area contributed by atoms with Crippen LogP contribution in [0.3, 0.4) is 0 Å². The van der Waals surface area contributed by atoms with Crippen LogP contribution in [-0.4, -0.2) is 34.1 Å². The smallest absolute Gasteiger partial charge is 0.325 e. The molecule has 2 rings (SSSR count). The molecule has 0 radical (unpaired) electrons. The molecule has 1 amide bonds. The molecule has 2 aromatic rings. The second kappa shape index (κ2) is 6.09. The third-order valence-electron chi connectivity index (χ3n) is 2.68. The molecule has 2 heterocycles. The van der Waals surface area contributed by atoms with E-state index in [0.717, 1.165) is 4.70 Å². The average molecular weight is 308 g/mol. The maximum absolute atomic E-state index is 12.0. The van der Waals surface area contributed by atoms with Gasteiger partial charge in [0.25, 0.3) is 5.91 Å². The number of rotatable bonds is 5. The highest BCUT2D eigenvalue weighted by Gasteiger charge is 2.18. The van der Waals surface area contributed by atoms with E-state index in [9.17, 15) is 9.59 Å². The van der Waals surface area contributed by atoms with Gasteiger partial charge in [-0.3, -0.25) is 14.6 Å². The van der Waals surface area contributed by atoms with Crippen LogP contribution in [0.1, 0.15) is 30.4 Å². The van der Waals surface area contributed by atoms with Crippen molar-refractivity contribution in [3.8, 4) is 5.75 Å². The first-order valence-corrected chi connectivity index (χ1v) is 7.29. The number of ether oxygens (including phenoxy) is 1. The zero-order valence-corrected chi connectivity index (χ0v) is 12.7. The second-order valence-corrected chi connectivity index (χ2v) is 5.89. The van der Waals surface area contributed by atoms with Crippen LogP contribution in [0.25, 0.3) is 10.2 Å². The number of carbonyl (C=O) groups excluding carboxylic acids is 1. The van der Waals surface area contributed by atoms with E-state index in [1.54, 1.807) is 18.3 Å². The fraction of sp³-hybridized carbons (Fsp3) is 0.357. The molecule has 6 nitrogen and oxygen atoms in total. The van der Waals surface area contributed by atoms with Gasteiger partial charge in [0, 0.05) is 6.20 Å². The number of nitrogens with one attached hydrogen (secondary N) is 1. The molecule has 0 saturated carbocycles. The predicted octanol–water partition coefficient (Wildman–Crippen LogP) is 2.29. The normalized spacial score (nSPS) is 12.4.